The highest BCUT2D eigenvalue weighted by Crippen LogP contribution is 2.41. The number of benzene rings is 2. The molecule has 0 radical (unpaired) electrons. The minimum Gasteiger partial charge on any atom is -0.493 e. The first-order chi connectivity index (χ1) is 12.6. The second kappa shape index (κ2) is 7.02. The lowest BCUT2D eigenvalue weighted by molar-refractivity contribution is 0.269. The largest absolute Gasteiger partial charge is 0.493 e. The van der Waals surface area contributed by atoms with Crippen LogP contribution in [-0.4, -0.2) is 18.6 Å². The predicted octanol–water partition coefficient (Wildman–Crippen LogP) is 4.09. The van der Waals surface area contributed by atoms with Crippen molar-refractivity contribution in [1.82, 2.24) is 5.32 Å². The summed E-state index contributed by atoms with van der Waals surface area (Å²) in [5.41, 5.74) is 10.1. The van der Waals surface area contributed by atoms with Crippen LogP contribution in [-0.2, 0) is 0 Å². The van der Waals surface area contributed by atoms with Crippen LogP contribution in [0, 0.1) is 0 Å². The molecule has 3 N–H and O–H groups in total. The zero-order valence-electron chi connectivity index (χ0n) is 15.5. The summed E-state index contributed by atoms with van der Waals surface area (Å²) in [7, 11) is 0. The number of hydrogen-bond donors (Lipinski definition) is 2. The van der Waals surface area contributed by atoms with Crippen LogP contribution >= 0.6 is 0 Å². The second-order valence-electron chi connectivity index (χ2n) is 7.62. The summed E-state index contributed by atoms with van der Waals surface area (Å²) in [5.74, 6) is 2.57. The first-order valence-corrected chi connectivity index (χ1v) is 9.53. The Morgan fingerprint density at radius 1 is 1.15 bits per heavy atom. The molecule has 2 aromatic rings. The third kappa shape index (κ3) is 3.55. The van der Waals surface area contributed by atoms with E-state index < -0.39 is 0 Å². The van der Waals surface area contributed by atoms with E-state index in [1.165, 1.54) is 11.1 Å². The molecule has 3 atom stereocenters. The molecule has 2 aromatic carbocycles. The molecule has 4 rings (SSSR count). The van der Waals surface area contributed by atoms with Crippen LogP contribution < -0.4 is 15.8 Å². The van der Waals surface area contributed by atoms with Crippen molar-refractivity contribution < 1.29 is 4.74 Å². The fourth-order valence-electron chi connectivity index (χ4n) is 3.70. The van der Waals surface area contributed by atoms with E-state index in [0.29, 0.717) is 30.4 Å². The van der Waals surface area contributed by atoms with Crippen LogP contribution in [0.2, 0.25) is 0 Å². The molecule has 1 heterocycles. The molecule has 4 heteroatoms. The first-order valence-electron chi connectivity index (χ1n) is 9.53. The highest BCUT2D eigenvalue weighted by Gasteiger charge is 2.38. The van der Waals surface area contributed by atoms with Crippen LogP contribution in [0.15, 0.2) is 53.5 Å². The van der Waals surface area contributed by atoms with Gasteiger partial charge in [0, 0.05) is 23.9 Å². The van der Waals surface area contributed by atoms with E-state index in [2.05, 4.69) is 49.5 Å². The van der Waals surface area contributed by atoms with E-state index in [-0.39, 0.29) is 6.04 Å². The quantitative estimate of drug-likeness (QED) is 0.645. The summed E-state index contributed by atoms with van der Waals surface area (Å²) >= 11 is 0. The van der Waals surface area contributed by atoms with E-state index in [0.717, 1.165) is 24.2 Å². The van der Waals surface area contributed by atoms with E-state index in [1.807, 2.05) is 18.2 Å². The fraction of sp³-hybridized carbons (Fsp3) is 0.409. The molecular weight excluding hydrogens is 322 g/mol. The van der Waals surface area contributed by atoms with Gasteiger partial charge < -0.3 is 15.8 Å². The Labute approximate surface area is 155 Å². The summed E-state index contributed by atoms with van der Waals surface area (Å²) in [6.45, 7) is 5.14. The predicted molar refractivity (Wildman–Crippen MR) is 106 cm³/mol. The lowest BCUT2D eigenvalue weighted by Crippen LogP contribution is -2.35. The van der Waals surface area contributed by atoms with Crippen LogP contribution in [0.4, 0.5) is 0 Å². The van der Waals surface area contributed by atoms with Crippen LogP contribution in [0.1, 0.15) is 61.3 Å². The maximum atomic E-state index is 6.20. The van der Waals surface area contributed by atoms with E-state index >= 15 is 0 Å². The number of guanidine groups is 1. The van der Waals surface area contributed by atoms with E-state index in [4.69, 9.17) is 15.5 Å². The summed E-state index contributed by atoms with van der Waals surface area (Å²) in [6.07, 6.45) is 1.98. The Balaban J connectivity index is 1.39. The standard InChI is InChI=1S/C22H27N3O/c1-14(2)15-7-9-16(10-8-15)18-13-20(18)25-22(23)24-19-11-12-26-21-6-4-3-5-17(19)21/h3-10,14,18-20H,11-13H2,1-2H3,(H3,23,24,25). The molecule has 1 saturated carbocycles. The lowest BCUT2D eigenvalue weighted by Gasteiger charge is -2.23. The molecule has 1 fully saturated rings. The maximum absolute atomic E-state index is 6.20. The number of hydrogen-bond acceptors (Lipinski definition) is 2. The molecule has 0 aromatic heterocycles. The van der Waals surface area contributed by atoms with Crippen molar-refractivity contribution in [2.45, 2.75) is 50.6 Å². The SMILES string of the molecule is CC(C)c1ccc(C2CC2NC(N)=NC2CCOc3ccccc32)cc1. The number of fused-ring (bicyclic) bond motifs is 1. The molecule has 1 aliphatic carbocycles. The number of nitrogens with zero attached hydrogens (tertiary/aromatic N) is 1. The van der Waals surface area contributed by atoms with Gasteiger partial charge in [0.1, 0.15) is 5.75 Å². The Morgan fingerprint density at radius 2 is 1.92 bits per heavy atom. The van der Waals surface area contributed by atoms with Crippen molar-refractivity contribution in [3.8, 4) is 5.75 Å². The van der Waals surface area contributed by atoms with Gasteiger partial charge in [-0.15, -0.1) is 0 Å². The van der Waals surface area contributed by atoms with Gasteiger partial charge in [0.25, 0.3) is 0 Å². The first kappa shape index (κ1) is 17.0. The zero-order valence-corrected chi connectivity index (χ0v) is 15.5. The second-order valence-corrected chi connectivity index (χ2v) is 7.62. The van der Waals surface area contributed by atoms with Crippen molar-refractivity contribution in [3.05, 3.63) is 65.2 Å². The van der Waals surface area contributed by atoms with Gasteiger partial charge in [-0.25, -0.2) is 4.99 Å². The maximum Gasteiger partial charge on any atom is 0.189 e. The van der Waals surface area contributed by atoms with Gasteiger partial charge in [-0.05, 0) is 29.5 Å². The number of nitrogens with one attached hydrogen (secondary N) is 1. The molecule has 0 saturated heterocycles. The fourth-order valence-corrected chi connectivity index (χ4v) is 3.70. The Bertz CT molecular complexity index is 797. The minimum absolute atomic E-state index is 0.0787. The smallest absolute Gasteiger partial charge is 0.189 e. The zero-order chi connectivity index (χ0) is 18.1. The molecule has 4 nitrogen and oxygen atoms in total. The summed E-state index contributed by atoms with van der Waals surface area (Å²) < 4.78 is 5.70. The average molecular weight is 349 g/mol. The highest BCUT2D eigenvalue weighted by atomic mass is 16.5. The van der Waals surface area contributed by atoms with Crippen molar-refractivity contribution in [2.75, 3.05) is 6.61 Å². The van der Waals surface area contributed by atoms with Crippen LogP contribution in [0.25, 0.3) is 0 Å². The van der Waals surface area contributed by atoms with Gasteiger partial charge in [-0.1, -0.05) is 56.3 Å². The summed E-state index contributed by atoms with van der Waals surface area (Å²) in [4.78, 5) is 4.73. The van der Waals surface area contributed by atoms with Crippen molar-refractivity contribution >= 4 is 5.96 Å². The number of rotatable bonds is 4. The van der Waals surface area contributed by atoms with E-state index in [1.54, 1.807) is 0 Å². The average Bonchev–Trinajstić information content (AvgIpc) is 3.41. The summed E-state index contributed by atoms with van der Waals surface area (Å²) in [5, 5.41) is 3.40. The van der Waals surface area contributed by atoms with Crippen LogP contribution in [0.5, 0.6) is 5.75 Å². The van der Waals surface area contributed by atoms with Crippen LogP contribution in [0.3, 0.4) is 0 Å². The van der Waals surface area contributed by atoms with Crippen molar-refractivity contribution in [1.29, 1.82) is 0 Å². The minimum atomic E-state index is 0.0787. The molecule has 0 amide bonds. The molecule has 26 heavy (non-hydrogen) atoms. The van der Waals surface area contributed by atoms with Gasteiger partial charge in [-0.3, -0.25) is 0 Å². The Hall–Kier alpha value is -2.49. The van der Waals surface area contributed by atoms with Gasteiger partial charge >= 0.3 is 0 Å². The third-order valence-corrected chi connectivity index (χ3v) is 5.38. The third-order valence-electron chi connectivity index (χ3n) is 5.38. The topological polar surface area (TPSA) is 59.6 Å². The number of aliphatic imine (C=N–C) groups is 1. The van der Waals surface area contributed by atoms with Gasteiger partial charge in [-0.2, -0.15) is 0 Å². The molecule has 3 unspecified atom stereocenters. The molecule has 136 valence electrons. The van der Waals surface area contributed by atoms with Gasteiger partial charge in [0.05, 0.1) is 12.6 Å². The van der Waals surface area contributed by atoms with Crippen molar-refractivity contribution in [3.63, 3.8) is 0 Å². The normalized spacial score (nSPS) is 24.7. The number of nitrogens with two attached hydrogens (primary N) is 1. The van der Waals surface area contributed by atoms with E-state index in [9.17, 15) is 0 Å². The number of ether oxygens (including phenoxy) is 1. The number of para-hydroxylation sites is 1. The summed E-state index contributed by atoms with van der Waals surface area (Å²) in [6, 6.07) is 17.5. The highest BCUT2D eigenvalue weighted by molar-refractivity contribution is 5.79. The Kier molecular flexibility index (Phi) is 4.58. The van der Waals surface area contributed by atoms with Gasteiger partial charge in [0.15, 0.2) is 5.96 Å². The van der Waals surface area contributed by atoms with Crippen molar-refractivity contribution in [2.24, 2.45) is 10.7 Å². The molecule has 0 bridgehead atoms. The molecular formula is C22H27N3O. The van der Waals surface area contributed by atoms with Gasteiger partial charge in [0.2, 0.25) is 0 Å². The molecule has 1 aliphatic heterocycles. The molecule has 2 aliphatic rings. The molecule has 0 spiro atoms. The Morgan fingerprint density at radius 3 is 2.69 bits per heavy atom. The monoisotopic (exact) mass is 349 g/mol. The lowest BCUT2D eigenvalue weighted by atomic mass is 10.0.